The summed E-state index contributed by atoms with van der Waals surface area (Å²) in [5.74, 6) is -0.220. The maximum absolute atomic E-state index is 12.9. The summed E-state index contributed by atoms with van der Waals surface area (Å²) in [7, 11) is 0. The zero-order chi connectivity index (χ0) is 11.5. The molecule has 0 amide bonds. The van der Waals surface area contributed by atoms with E-state index in [4.69, 9.17) is 5.11 Å². The number of rotatable bonds is 3. The van der Waals surface area contributed by atoms with Gasteiger partial charge in [-0.25, -0.2) is 9.37 Å². The zero-order valence-corrected chi connectivity index (χ0v) is 9.02. The molecule has 0 spiro atoms. The van der Waals surface area contributed by atoms with Gasteiger partial charge in [0.05, 0.1) is 18.6 Å². The van der Waals surface area contributed by atoms with Crippen LogP contribution in [0.5, 0.6) is 0 Å². The van der Waals surface area contributed by atoms with Gasteiger partial charge in [0.15, 0.2) is 0 Å². The van der Waals surface area contributed by atoms with Crippen molar-refractivity contribution in [1.29, 1.82) is 0 Å². The molecule has 0 bridgehead atoms. The van der Waals surface area contributed by atoms with Crippen molar-refractivity contribution in [1.82, 2.24) is 9.55 Å². The van der Waals surface area contributed by atoms with Gasteiger partial charge in [-0.2, -0.15) is 0 Å². The lowest BCUT2D eigenvalue weighted by atomic mass is 10.1. The van der Waals surface area contributed by atoms with E-state index in [1.165, 1.54) is 12.1 Å². The molecule has 2 aromatic rings. The molecule has 0 radical (unpaired) electrons. The van der Waals surface area contributed by atoms with Crippen LogP contribution >= 0.6 is 0 Å². The smallest absolute Gasteiger partial charge is 0.123 e. The molecule has 0 aliphatic rings. The highest BCUT2D eigenvalue weighted by atomic mass is 19.1. The van der Waals surface area contributed by atoms with Gasteiger partial charge in [0.1, 0.15) is 5.82 Å². The Hall–Kier alpha value is -1.68. The zero-order valence-electron chi connectivity index (χ0n) is 9.02. The summed E-state index contributed by atoms with van der Waals surface area (Å²) < 4.78 is 14.8. The maximum atomic E-state index is 12.9. The van der Waals surface area contributed by atoms with Crippen LogP contribution in [0, 0.1) is 12.7 Å². The van der Waals surface area contributed by atoms with Crippen molar-refractivity contribution in [3.05, 3.63) is 53.4 Å². The van der Waals surface area contributed by atoms with Gasteiger partial charge in [-0.3, -0.25) is 0 Å². The molecule has 0 saturated carbocycles. The number of halogens is 1. The molecule has 0 aliphatic heterocycles. The van der Waals surface area contributed by atoms with Crippen LogP contribution < -0.4 is 0 Å². The first kappa shape index (κ1) is 10.8. The highest BCUT2D eigenvalue weighted by Crippen LogP contribution is 2.12. The molecule has 2 rings (SSSR count). The van der Waals surface area contributed by atoms with E-state index < -0.39 is 0 Å². The highest BCUT2D eigenvalue weighted by Gasteiger charge is 2.02. The molecule has 0 fully saturated rings. The van der Waals surface area contributed by atoms with E-state index in [-0.39, 0.29) is 12.4 Å². The van der Waals surface area contributed by atoms with Crippen LogP contribution in [0.2, 0.25) is 0 Å². The molecule has 1 heterocycles. The van der Waals surface area contributed by atoms with Crippen LogP contribution in [0.3, 0.4) is 0 Å². The second-order valence-electron chi connectivity index (χ2n) is 3.77. The average Bonchev–Trinajstić information content (AvgIpc) is 2.70. The number of aromatic nitrogens is 2. The molecule has 0 aliphatic carbocycles. The molecular formula is C12H13FN2O. The van der Waals surface area contributed by atoms with Crippen molar-refractivity contribution in [2.45, 2.75) is 20.1 Å². The van der Waals surface area contributed by atoms with E-state index in [2.05, 4.69) is 4.98 Å². The first-order chi connectivity index (χ1) is 7.69. The van der Waals surface area contributed by atoms with Gasteiger partial charge in [0, 0.05) is 12.7 Å². The highest BCUT2D eigenvalue weighted by molar-refractivity contribution is 5.26. The summed E-state index contributed by atoms with van der Waals surface area (Å²) in [5.41, 5.74) is 2.60. The predicted molar refractivity (Wildman–Crippen MR) is 58.4 cm³/mol. The fourth-order valence-electron chi connectivity index (χ4n) is 1.61. The Kier molecular flexibility index (Phi) is 3.01. The van der Waals surface area contributed by atoms with Crippen LogP contribution in [-0.2, 0) is 13.2 Å². The van der Waals surface area contributed by atoms with Crippen LogP contribution in [0.4, 0.5) is 4.39 Å². The van der Waals surface area contributed by atoms with Crippen molar-refractivity contribution in [2.24, 2.45) is 0 Å². The minimum Gasteiger partial charge on any atom is -0.390 e. The minimum absolute atomic E-state index is 0.0601. The summed E-state index contributed by atoms with van der Waals surface area (Å²) in [6.07, 6.45) is 3.44. The largest absolute Gasteiger partial charge is 0.390 e. The molecule has 0 saturated heterocycles. The molecule has 1 aromatic carbocycles. The van der Waals surface area contributed by atoms with E-state index in [0.717, 1.165) is 11.1 Å². The van der Waals surface area contributed by atoms with Gasteiger partial charge in [0.2, 0.25) is 0 Å². The van der Waals surface area contributed by atoms with E-state index in [9.17, 15) is 4.39 Å². The Morgan fingerprint density at radius 1 is 1.44 bits per heavy atom. The monoisotopic (exact) mass is 220 g/mol. The molecule has 4 heteroatoms. The molecular weight excluding hydrogens is 207 g/mol. The van der Waals surface area contributed by atoms with E-state index in [1.807, 2.05) is 11.5 Å². The Balaban J connectivity index is 2.20. The number of benzene rings is 1. The summed E-state index contributed by atoms with van der Waals surface area (Å²) in [6.45, 7) is 2.46. The van der Waals surface area contributed by atoms with Crippen LogP contribution in [0.1, 0.15) is 16.8 Å². The van der Waals surface area contributed by atoms with Gasteiger partial charge < -0.3 is 9.67 Å². The topological polar surface area (TPSA) is 38.0 Å². The molecule has 16 heavy (non-hydrogen) atoms. The van der Waals surface area contributed by atoms with Crippen LogP contribution in [-0.4, -0.2) is 14.7 Å². The summed E-state index contributed by atoms with van der Waals surface area (Å²) >= 11 is 0. The summed E-state index contributed by atoms with van der Waals surface area (Å²) in [4.78, 5) is 4.02. The lowest BCUT2D eigenvalue weighted by Gasteiger charge is -2.06. The fourth-order valence-corrected chi connectivity index (χ4v) is 1.61. The molecule has 0 atom stereocenters. The second kappa shape index (κ2) is 4.45. The molecule has 1 N–H and O–H groups in total. The number of aliphatic hydroxyl groups is 1. The standard InChI is InChI=1S/C12H13FN2O/c1-9-4-11(13)3-2-10(9)5-15-6-12(7-16)14-8-15/h2-4,6,8,16H,5,7H2,1H3. The normalized spacial score (nSPS) is 10.7. The summed E-state index contributed by atoms with van der Waals surface area (Å²) in [6, 6.07) is 4.73. The summed E-state index contributed by atoms with van der Waals surface area (Å²) in [5, 5.41) is 8.88. The van der Waals surface area contributed by atoms with Crippen molar-refractivity contribution < 1.29 is 9.50 Å². The van der Waals surface area contributed by atoms with Gasteiger partial charge in [0.25, 0.3) is 0 Å². The molecule has 0 unspecified atom stereocenters. The number of imidazole rings is 1. The number of aliphatic hydroxyl groups excluding tert-OH is 1. The lowest BCUT2D eigenvalue weighted by molar-refractivity contribution is 0.277. The predicted octanol–water partition coefficient (Wildman–Crippen LogP) is 1.87. The van der Waals surface area contributed by atoms with Gasteiger partial charge in [-0.1, -0.05) is 6.07 Å². The SMILES string of the molecule is Cc1cc(F)ccc1Cn1cnc(CO)c1. The number of nitrogens with zero attached hydrogens (tertiary/aromatic N) is 2. The Morgan fingerprint density at radius 3 is 2.88 bits per heavy atom. The Morgan fingerprint density at radius 2 is 2.25 bits per heavy atom. The average molecular weight is 220 g/mol. The van der Waals surface area contributed by atoms with Crippen LogP contribution in [0.25, 0.3) is 0 Å². The van der Waals surface area contributed by atoms with Crippen molar-refractivity contribution in [2.75, 3.05) is 0 Å². The molecule has 3 nitrogen and oxygen atoms in total. The number of hydrogen-bond acceptors (Lipinski definition) is 2. The molecule has 84 valence electrons. The van der Waals surface area contributed by atoms with Crippen LogP contribution in [0.15, 0.2) is 30.7 Å². The Labute approximate surface area is 93.2 Å². The first-order valence-electron chi connectivity index (χ1n) is 5.05. The number of aryl methyl sites for hydroxylation is 1. The van der Waals surface area contributed by atoms with Crippen molar-refractivity contribution in [3.63, 3.8) is 0 Å². The van der Waals surface area contributed by atoms with Gasteiger partial charge >= 0.3 is 0 Å². The molecule has 1 aromatic heterocycles. The third-order valence-electron chi connectivity index (χ3n) is 2.51. The van der Waals surface area contributed by atoms with Crippen molar-refractivity contribution in [3.8, 4) is 0 Å². The van der Waals surface area contributed by atoms with Crippen molar-refractivity contribution >= 4 is 0 Å². The quantitative estimate of drug-likeness (QED) is 0.857. The van der Waals surface area contributed by atoms with E-state index in [1.54, 1.807) is 18.6 Å². The third kappa shape index (κ3) is 2.28. The minimum atomic E-state index is -0.220. The second-order valence-corrected chi connectivity index (χ2v) is 3.77. The van der Waals surface area contributed by atoms with E-state index >= 15 is 0 Å². The lowest BCUT2D eigenvalue weighted by Crippen LogP contribution is -1.99. The third-order valence-corrected chi connectivity index (χ3v) is 2.51. The fraction of sp³-hybridized carbons (Fsp3) is 0.250. The van der Waals surface area contributed by atoms with Gasteiger partial charge in [-0.05, 0) is 30.2 Å². The maximum Gasteiger partial charge on any atom is 0.123 e. The Bertz CT molecular complexity index is 494. The van der Waals surface area contributed by atoms with E-state index in [0.29, 0.717) is 12.2 Å². The van der Waals surface area contributed by atoms with Gasteiger partial charge in [-0.15, -0.1) is 0 Å². The first-order valence-corrected chi connectivity index (χ1v) is 5.05. The number of hydrogen-bond donors (Lipinski definition) is 1.